The minimum atomic E-state index is 0.884. The molecule has 5 nitrogen and oxygen atoms in total. The van der Waals surface area contributed by atoms with Crippen LogP contribution < -0.4 is 9.64 Å². The molecular formula is C26H36N4O. The van der Waals surface area contributed by atoms with Crippen molar-refractivity contribution < 1.29 is 4.74 Å². The van der Waals surface area contributed by atoms with E-state index in [9.17, 15) is 0 Å². The molecule has 2 aromatic heterocycles. The number of fused-ring (bicyclic) bond motifs is 2. The number of aromatic nitrogens is 3. The van der Waals surface area contributed by atoms with E-state index in [-0.39, 0.29) is 0 Å². The fourth-order valence-corrected chi connectivity index (χ4v) is 4.82. The molecule has 31 heavy (non-hydrogen) atoms. The number of benzene rings is 1. The topological polar surface area (TPSA) is 42.7 Å². The highest BCUT2D eigenvalue weighted by molar-refractivity contribution is 5.83. The fraction of sp³-hybridized carbons (Fsp3) is 0.538. The second-order valence-electron chi connectivity index (χ2n) is 8.79. The van der Waals surface area contributed by atoms with E-state index < -0.39 is 0 Å². The van der Waals surface area contributed by atoms with Gasteiger partial charge in [-0.15, -0.1) is 0 Å². The Hall–Kier alpha value is -2.56. The van der Waals surface area contributed by atoms with E-state index >= 15 is 0 Å². The van der Waals surface area contributed by atoms with Gasteiger partial charge >= 0.3 is 0 Å². The molecule has 1 aliphatic carbocycles. The summed E-state index contributed by atoms with van der Waals surface area (Å²) in [5, 5.41) is 5.07. The van der Waals surface area contributed by atoms with E-state index in [0.29, 0.717) is 0 Å². The standard InChI is InChI=1S/C26H36N4O/c1-6-8-15-29(16-9-7-2)26-22-11-10-12-23(22)27-25-24(19(4)28-30(25)26)21-14-13-20(31-5)17-18(21)3/h13-14,17H,6-12,15-16H2,1-5H3. The molecule has 3 aromatic rings. The van der Waals surface area contributed by atoms with Gasteiger partial charge in [-0.3, -0.25) is 0 Å². The third-order valence-electron chi connectivity index (χ3n) is 6.50. The van der Waals surface area contributed by atoms with Crippen LogP contribution in [0.25, 0.3) is 16.8 Å². The van der Waals surface area contributed by atoms with Crippen LogP contribution in [-0.2, 0) is 12.8 Å². The van der Waals surface area contributed by atoms with Crippen molar-refractivity contribution in [1.29, 1.82) is 0 Å². The van der Waals surface area contributed by atoms with E-state index in [1.165, 1.54) is 60.3 Å². The summed E-state index contributed by atoms with van der Waals surface area (Å²) in [4.78, 5) is 7.77. The van der Waals surface area contributed by atoms with Crippen LogP contribution in [0.4, 0.5) is 5.82 Å². The van der Waals surface area contributed by atoms with Crippen LogP contribution in [0.3, 0.4) is 0 Å². The van der Waals surface area contributed by atoms with Crippen molar-refractivity contribution in [2.45, 2.75) is 72.6 Å². The number of nitrogens with zero attached hydrogens (tertiary/aromatic N) is 4. The van der Waals surface area contributed by atoms with Crippen LogP contribution >= 0.6 is 0 Å². The quantitative estimate of drug-likeness (QED) is 0.431. The molecule has 1 aromatic carbocycles. The number of rotatable bonds is 9. The van der Waals surface area contributed by atoms with Gasteiger partial charge in [-0.2, -0.15) is 9.61 Å². The molecule has 166 valence electrons. The number of hydrogen-bond donors (Lipinski definition) is 0. The first-order valence-corrected chi connectivity index (χ1v) is 11.9. The predicted octanol–water partition coefficient (Wildman–Crippen LogP) is 5.92. The van der Waals surface area contributed by atoms with Gasteiger partial charge in [0.15, 0.2) is 5.65 Å². The lowest BCUT2D eigenvalue weighted by Crippen LogP contribution is -2.29. The maximum absolute atomic E-state index is 5.43. The molecule has 0 unspecified atom stereocenters. The third-order valence-corrected chi connectivity index (χ3v) is 6.50. The van der Waals surface area contributed by atoms with Gasteiger partial charge in [0, 0.05) is 29.9 Å². The average molecular weight is 421 g/mol. The molecule has 0 aliphatic heterocycles. The molecule has 0 radical (unpaired) electrons. The van der Waals surface area contributed by atoms with E-state index in [0.717, 1.165) is 48.6 Å². The number of methoxy groups -OCH3 is 1. The summed E-state index contributed by atoms with van der Waals surface area (Å²) >= 11 is 0. The zero-order chi connectivity index (χ0) is 22.0. The Morgan fingerprint density at radius 1 is 1.06 bits per heavy atom. The second kappa shape index (κ2) is 9.29. The van der Waals surface area contributed by atoms with Crippen molar-refractivity contribution in [1.82, 2.24) is 14.6 Å². The van der Waals surface area contributed by atoms with E-state index in [4.69, 9.17) is 14.8 Å². The molecule has 1 aliphatic rings. The molecule has 5 heteroatoms. The lowest BCUT2D eigenvalue weighted by Gasteiger charge is -2.27. The molecule has 0 N–H and O–H groups in total. The summed E-state index contributed by atoms with van der Waals surface area (Å²) in [7, 11) is 1.72. The lowest BCUT2D eigenvalue weighted by molar-refractivity contribution is 0.414. The Morgan fingerprint density at radius 3 is 2.45 bits per heavy atom. The highest BCUT2D eigenvalue weighted by atomic mass is 16.5. The average Bonchev–Trinajstić information content (AvgIpc) is 3.36. The van der Waals surface area contributed by atoms with Gasteiger partial charge in [0.2, 0.25) is 0 Å². The second-order valence-corrected chi connectivity index (χ2v) is 8.79. The first-order chi connectivity index (χ1) is 15.1. The summed E-state index contributed by atoms with van der Waals surface area (Å²) < 4.78 is 7.58. The minimum absolute atomic E-state index is 0.884. The summed E-state index contributed by atoms with van der Waals surface area (Å²) in [5.74, 6) is 2.18. The van der Waals surface area contributed by atoms with Crippen LogP contribution in [0.5, 0.6) is 5.75 Å². The maximum atomic E-state index is 5.43. The van der Waals surface area contributed by atoms with E-state index in [2.05, 4.69) is 49.2 Å². The van der Waals surface area contributed by atoms with Crippen LogP contribution in [0, 0.1) is 13.8 Å². The Morgan fingerprint density at radius 2 is 1.81 bits per heavy atom. The Balaban J connectivity index is 1.92. The highest BCUT2D eigenvalue weighted by Gasteiger charge is 2.27. The molecule has 2 heterocycles. The maximum Gasteiger partial charge on any atom is 0.165 e. The summed E-state index contributed by atoms with van der Waals surface area (Å²) in [6.45, 7) is 11.0. The van der Waals surface area contributed by atoms with Gasteiger partial charge < -0.3 is 9.64 Å². The van der Waals surface area contributed by atoms with Gasteiger partial charge in [0.25, 0.3) is 0 Å². The molecule has 4 rings (SSSR count). The number of hydrogen-bond acceptors (Lipinski definition) is 4. The van der Waals surface area contributed by atoms with E-state index in [1.54, 1.807) is 7.11 Å². The van der Waals surface area contributed by atoms with Crippen molar-refractivity contribution in [2.24, 2.45) is 0 Å². The third kappa shape index (κ3) is 4.02. The van der Waals surface area contributed by atoms with Gasteiger partial charge in [-0.25, -0.2) is 4.98 Å². The monoisotopic (exact) mass is 420 g/mol. The molecule has 0 fully saturated rings. The number of ether oxygens (including phenoxy) is 1. The van der Waals surface area contributed by atoms with Crippen LogP contribution in [0.1, 0.15) is 68.5 Å². The van der Waals surface area contributed by atoms with Crippen LogP contribution in [0.15, 0.2) is 18.2 Å². The zero-order valence-corrected chi connectivity index (χ0v) is 19.8. The molecular weight excluding hydrogens is 384 g/mol. The van der Waals surface area contributed by atoms with E-state index in [1.807, 2.05) is 6.07 Å². The van der Waals surface area contributed by atoms with Crippen LogP contribution in [-0.4, -0.2) is 34.8 Å². The first kappa shape index (κ1) is 21.7. The first-order valence-electron chi connectivity index (χ1n) is 11.9. The summed E-state index contributed by atoms with van der Waals surface area (Å²) in [6, 6.07) is 6.29. The number of anilines is 1. The smallest absolute Gasteiger partial charge is 0.165 e. The Kier molecular flexibility index (Phi) is 6.49. The van der Waals surface area contributed by atoms with Crippen molar-refractivity contribution in [2.75, 3.05) is 25.1 Å². The number of aryl methyl sites for hydroxylation is 3. The van der Waals surface area contributed by atoms with Crippen molar-refractivity contribution in [3.8, 4) is 16.9 Å². The zero-order valence-electron chi connectivity index (χ0n) is 19.8. The van der Waals surface area contributed by atoms with Crippen molar-refractivity contribution in [3.05, 3.63) is 40.7 Å². The van der Waals surface area contributed by atoms with Crippen molar-refractivity contribution >= 4 is 11.5 Å². The van der Waals surface area contributed by atoms with Gasteiger partial charge in [0.05, 0.1) is 12.8 Å². The molecule has 0 spiro atoms. The molecule has 0 bridgehead atoms. The Bertz CT molecular complexity index is 1060. The minimum Gasteiger partial charge on any atom is -0.497 e. The number of unbranched alkanes of at least 4 members (excludes halogenated alkanes) is 2. The summed E-state index contributed by atoms with van der Waals surface area (Å²) in [5.41, 5.74) is 8.26. The Labute approximate surface area is 186 Å². The van der Waals surface area contributed by atoms with Crippen molar-refractivity contribution in [3.63, 3.8) is 0 Å². The predicted molar refractivity (Wildman–Crippen MR) is 129 cm³/mol. The SMILES string of the molecule is CCCCN(CCCC)c1c2c(nc3c(-c4ccc(OC)cc4C)c(C)nn13)CCC2. The lowest BCUT2D eigenvalue weighted by atomic mass is 10.0. The molecule has 0 saturated heterocycles. The van der Waals surface area contributed by atoms with Gasteiger partial charge in [-0.1, -0.05) is 32.8 Å². The van der Waals surface area contributed by atoms with Gasteiger partial charge in [-0.05, 0) is 69.2 Å². The highest BCUT2D eigenvalue weighted by Crippen LogP contribution is 2.37. The normalized spacial score (nSPS) is 13.1. The largest absolute Gasteiger partial charge is 0.497 e. The molecule has 0 amide bonds. The summed E-state index contributed by atoms with van der Waals surface area (Å²) in [6.07, 6.45) is 8.17. The fourth-order valence-electron chi connectivity index (χ4n) is 4.82. The molecule has 0 atom stereocenters. The van der Waals surface area contributed by atoms with Gasteiger partial charge in [0.1, 0.15) is 11.6 Å². The molecule has 0 saturated carbocycles. The van der Waals surface area contributed by atoms with Crippen LogP contribution in [0.2, 0.25) is 0 Å².